The summed E-state index contributed by atoms with van der Waals surface area (Å²) in [6, 6.07) is 16.4. The molecule has 2 amide bonds. The maximum atomic E-state index is 12.4. The van der Waals surface area contributed by atoms with Crippen LogP contribution in [0, 0.1) is 5.92 Å². The summed E-state index contributed by atoms with van der Waals surface area (Å²) in [6.07, 6.45) is 1.26. The lowest BCUT2D eigenvalue weighted by Crippen LogP contribution is -2.43. The molecule has 2 aromatic carbocycles. The van der Waals surface area contributed by atoms with Gasteiger partial charge in [0.1, 0.15) is 5.75 Å². The van der Waals surface area contributed by atoms with Crippen LogP contribution in [0.2, 0.25) is 5.02 Å². The Balaban J connectivity index is 1.45. The number of rotatable bonds is 5. The minimum Gasteiger partial charge on any atom is -0.484 e. The fraction of sp³-hybridized carbons (Fsp3) is 0.300. The first-order valence-corrected chi connectivity index (χ1v) is 9.02. The van der Waals surface area contributed by atoms with Gasteiger partial charge in [0.2, 0.25) is 5.91 Å². The largest absolute Gasteiger partial charge is 0.484 e. The number of hydrogen-bond donors (Lipinski definition) is 1. The van der Waals surface area contributed by atoms with Crippen LogP contribution in [0.1, 0.15) is 12.8 Å². The zero-order chi connectivity index (χ0) is 18.4. The Labute approximate surface area is 157 Å². The van der Waals surface area contributed by atoms with Crippen LogP contribution in [0.15, 0.2) is 54.6 Å². The first-order chi connectivity index (χ1) is 12.6. The molecule has 0 atom stereocenters. The van der Waals surface area contributed by atoms with E-state index in [4.69, 9.17) is 16.3 Å². The van der Waals surface area contributed by atoms with Gasteiger partial charge in [-0.05, 0) is 37.1 Å². The molecule has 0 aliphatic carbocycles. The van der Waals surface area contributed by atoms with Crippen LogP contribution in [0.4, 0.5) is 5.69 Å². The van der Waals surface area contributed by atoms with Crippen molar-refractivity contribution in [1.29, 1.82) is 0 Å². The smallest absolute Gasteiger partial charge is 0.260 e. The standard InChI is InChI=1S/C20H21ClN2O3/c21-17-8-4-5-9-18(17)22-20(25)15-10-12-23(13-11-15)19(24)14-26-16-6-2-1-3-7-16/h1-9,15H,10-14H2,(H,22,25). The molecule has 3 rings (SSSR count). The van der Waals surface area contributed by atoms with Crippen molar-refractivity contribution in [1.82, 2.24) is 4.90 Å². The molecular weight excluding hydrogens is 352 g/mol. The lowest BCUT2D eigenvalue weighted by atomic mass is 9.95. The Kier molecular flexibility index (Phi) is 6.12. The average molecular weight is 373 g/mol. The molecule has 1 heterocycles. The average Bonchev–Trinajstić information content (AvgIpc) is 2.69. The summed E-state index contributed by atoms with van der Waals surface area (Å²) >= 11 is 6.08. The zero-order valence-corrected chi connectivity index (χ0v) is 15.1. The van der Waals surface area contributed by atoms with Gasteiger partial charge in [0.05, 0.1) is 10.7 Å². The molecule has 0 radical (unpaired) electrons. The first-order valence-electron chi connectivity index (χ1n) is 8.64. The number of para-hydroxylation sites is 2. The van der Waals surface area contributed by atoms with E-state index in [0.29, 0.717) is 42.4 Å². The highest BCUT2D eigenvalue weighted by Gasteiger charge is 2.27. The Morgan fingerprint density at radius 1 is 1.04 bits per heavy atom. The molecule has 0 aromatic heterocycles. The van der Waals surface area contributed by atoms with Crippen molar-refractivity contribution in [3.05, 3.63) is 59.6 Å². The van der Waals surface area contributed by atoms with Crippen LogP contribution in [0.3, 0.4) is 0 Å². The summed E-state index contributed by atoms with van der Waals surface area (Å²) in [5.41, 5.74) is 0.619. The molecule has 1 aliphatic heterocycles. The third-order valence-corrected chi connectivity index (χ3v) is 4.79. The molecule has 136 valence electrons. The highest BCUT2D eigenvalue weighted by molar-refractivity contribution is 6.33. The van der Waals surface area contributed by atoms with Gasteiger partial charge >= 0.3 is 0 Å². The second-order valence-corrected chi connectivity index (χ2v) is 6.63. The van der Waals surface area contributed by atoms with E-state index in [9.17, 15) is 9.59 Å². The van der Waals surface area contributed by atoms with Gasteiger partial charge in [-0.1, -0.05) is 41.9 Å². The summed E-state index contributed by atoms with van der Waals surface area (Å²) in [4.78, 5) is 26.4. The lowest BCUT2D eigenvalue weighted by Gasteiger charge is -2.31. The number of halogens is 1. The van der Waals surface area contributed by atoms with Crippen LogP contribution < -0.4 is 10.1 Å². The molecule has 1 fully saturated rings. The van der Waals surface area contributed by atoms with Crippen molar-refractivity contribution in [2.45, 2.75) is 12.8 Å². The number of nitrogens with zero attached hydrogens (tertiary/aromatic N) is 1. The molecule has 6 heteroatoms. The molecule has 26 heavy (non-hydrogen) atoms. The van der Waals surface area contributed by atoms with Crippen LogP contribution in [0.25, 0.3) is 0 Å². The predicted molar refractivity (Wildman–Crippen MR) is 101 cm³/mol. The van der Waals surface area contributed by atoms with Gasteiger partial charge < -0.3 is 15.0 Å². The summed E-state index contributed by atoms with van der Waals surface area (Å²) in [7, 11) is 0. The number of hydrogen-bond acceptors (Lipinski definition) is 3. The maximum absolute atomic E-state index is 12.4. The van der Waals surface area contributed by atoms with E-state index in [1.54, 1.807) is 17.0 Å². The number of piperidine rings is 1. The fourth-order valence-corrected chi connectivity index (χ4v) is 3.12. The SMILES string of the molecule is O=C(Nc1ccccc1Cl)C1CCN(C(=O)COc2ccccc2)CC1. The van der Waals surface area contributed by atoms with Gasteiger partial charge in [-0.3, -0.25) is 9.59 Å². The topological polar surface area (TPSA) is 58.6 Å². The number of likely N-dealkylation sites (tertiary alicyclic amines) is 1. The van der Waals surface area contributed by atoms with E-state index in [0.717, 1.165) is 0 Å². The number of ether oxygens (including phenoxy) is 1. The van der Waals surface area contributed by atoms with Crippen molar-refractivity contribution in [3.63, 3.8) is 0 Å². The predicted octanol–water partition coefficient (Wildman–Crippen LogP) is 3.60. The summed E-state index contributed by atoms with van der Waals surface area (Å²) in [5.74, 6) is 0.449. The molecule has 5 nitrogen and oxygen atoms in total. The van der Waals surface area contributed by atoms with Gasteiger partial charge in [-0.15, -0.1) is 0 Å². The second-order valence-electron chi connectivity index (χ2n) is 6.23. The minimum absolute atomic E-state index is 0.0144. The van der Waals surface area contributed by atoms with Crippen LogP contribution >= 0.6 is 11.6 Å². The quantitative estimate of drug-likeness (QED) is 0.872. The van der Waals surface area contributed by atoms with E-state index in [1.165, 1.54) is 0 Å². The zero-order valence-electron chi connectivity index (χ0n) is 14.4. The van der Waals surface area contributed by atoms with E-state index < -0.39 is 0 Å². The molecule has 2 aromatic rings. The molecule has 0 spiro atoms. The molecule has 0 bridgehead atoms. The normalized spacial score (nSPS) is 14.7. The van der Waals surface area contributed by atoms with Crippen LogP contribution in [-0.4, -0.2) is 36.4 Å². The number of amides is 2. The van der Waals surface area contributed by atoms with Gasteiger partial charge in [0.15, 0.2) is 6.61 Å². The van der Waals surface area contributed by atoms with Gasteiger partial charge in [-0.2, -0.15) is 0 Å². The monoisotopic (exact) mass is 372 g/mol. The van der Waals surface area contributed by atoms with E-state index in [1.807, 2.05) is 42.5 Å². The number of carbonyl (C=O) groups is 2. The Morgan fingerprint density at radius 2 is 1.69 bits per heavy atom. The fourth-order valence-electron chi connectivity index (χ4n) is 2.94. The summed E-state index contributed by atoms with van der Waals surface area (Å²) < 4.78 is 5.50. The Bertz CT molecular complexity index is 759. The number of carbonyl (C=O) groups excluding carboxylic acids is 2. The molecular formula is C20H21ClN2O3. The third-order valence-electron chi connectivity index (χ3n) is 4.46. The second kappa shape index (κ2) is 8.72. The van der Waals surface area contributed by atoms with Crippen LogP contribution in [-0.2, 0) is 9.59 Å². The van der Waals surface area contributed by atoms with Crippen molar-refractivity contribution in [3.8, 4) is 5.75 Å². The minimum atomic E-state index is -0.120. The number of nitrogens with one attached hydrogen (secondary N) is 1. The van der Waals surface area contributed by atoms with Crippen molar-refractivity contribution in [2.24, 2.45) is 5.92 Å². The first kappa shape index (κ1) is 18.3. The Hall–Kier alpha value is -2.53. The molecule has 1 aliphatic rings. The van der Waals surface area contributed by atoms with Gasteiger partial charge in [-0.25, -0.2) is 0 Å². The van der Waals surface area contributed by atoms with E-state index in [2.05, 4.69) is 5.32 Å². The van der Waals surface area contributed by atoms with Crippen LogP contribution in [0.5, 0.6) is 5.75 Å². The summed E-state index contributed by atoms with van der Waals surface area (Å²) in [5, 5.41) is 3.39. The molecule has 1 N–H and O–H groups in total. The third kappa shape index (κ3) is 4.76. The molecule has 0 saturated carbocycles. The van der Waals surface area contributed by atoms with Crippen molar-refractivity contribution < 1.29 is 14.3 Å². The lowest BCUT2D eigenvalue weighted by molar-refractivity contribution is -0.136. The highest BCUT2D eigenvalue weighted by atomic mass is 35.5. The highest BCUT2D eigenvalue weighted by Crippen LogP contribution is 2.24. The maximum Gasteiger partial charge on any atom is 0.260 e. The van der Waals surface area contributed by atoms with Crippen molar-refractivity contribution in [2.75, 3.05) is 25.0 Å². The van der Waals surface area contributed by atoms with E-state index in [-0.39, 0.29) is 24.3 Å². The molecule has 1 saturated heterocycles. The van der Waals surface area contributed by atoms with Crippen molar-refractivity contribution >= 4 is 29.1 Å². The summed E-state index contributed by atoms with van der Waals surface area (Å²) in [6.45, 7) is 1.12. The molecule has 0 unspecified atom stereocenters. The van der Waals surface area contributed by atoms with Gasteiger partial charge in [0, 0.05) is 19.0 Å². The number of benzene rings is 2. The van der Waals surface area contributed by atoms with E-state index >= 15 is 0 Å². The number of anilines is 1. The Morgan fingerprint density at radius 3 is 2.38 bits per heavy atom. The van der Waals surface area contributed by atoms with Gasteiger partial charge in [0.25, 0.3) is 5.91 Å².